The minimum absolute atomic E-state index is 0.740. The lowest BCUT2D eigenvalue weighted by Gasteiger charge is -2.57. The molecule has 4 aromatic rings. The van der Waals surface area contributed by atoms with Crippen molar-refractivity contribution in [3.63, 3.8) is 0 Å². The highest BCUT2D eigenvalue weighted by molar-refractivity contribution is 5.72. The van der Waals surface area contributed by atoms with E-state index in [-0.39, 0.29) is 0 Å². The van der Waals surface area contributed by atoms with Crippen molar-refractivity contribution in [2.45, 2.75) is 44.2 Å². The van der Waals surface area contributed by atoms with Gasteiger partial charge >= 0.3 is 0 Å². The first-order valence-corrected chi connectivity index (χ1v) is 12.7. The fraction of sp³-hybridized carbons (Fsp3) is 0.290. The van der Waals surface area contributed by atoms with Gasteiger partial charge < -0.3 is 4.90 Å². The molecule has 3 aromatic carbocycles. The van der Waals surface area contributed by atoms with Crippen LogP contribution in [0.3, 0.4) is 0 Å². The summed E-state index contributed by atoms with van der Waals surface area (Å²) in [6, 6.07) is 33.4. The topological polar surface area (TPSA) is 29.0 Å². The molecule has 0 N–H and O–H groups in total. The number of hydrogen-bond donors (Lipinski definition) is 0. The molecule has 4 aliphatic rings. The predicted molar refractivity (Wildman–Crippen MR) is 138 cm³/mol. The summed E-state index contributed by atoms with van der Waals surface area (Å²) < 4.78 is 0. The van der Waals surface area contributed by atoms with Crippen LogP contribution >= 0.6 is 0 Å². The van der Waals surface area contributed by atoms with Gasteiger partial charge in [0.25, 0.3) is 0 Å². The van der Waals surface area contributed by atoms with Gasteiger partial charge in [-0.3, -0.25) is 0 Å². The number of hydrogen-bond acceptors (Lipinski definition) is 3. The van der Waals surface area contributed by atoms with Gasteiger partial charge in [0.2, 0.25) is 0 Å². The summed E-state index contributed by atoms with van der Waals surface area (Å²) in [6.07, 6.45) is 7.03. The van der Waals surface area contributed by atoms with Gasteiger partial charge in [-0.05, 0) is 74.3 Å². The molecule has 0 unspecified atom stereocenters. The smallest absolute Gasteiger partial charge is 0.160 e. The van der Waals surface area contributed by atoms with E-state index in [4.69, 9.17) is 9.97 Å². The predicted octanol–water partition coefficient (Wildman–Crippen LogP) is 7.24. The molecule has 0 spiro atoms. The monoisotopic (exact) mass is 443 g/mol. The average molecular weight is 444 g/mol. The zero-order valence-corrected chi connectivity index (χ0v) is 19.3. The lowest BCUT2D eigenvalue weighted by Crippen LogP contribution is -2.58. The molecule has 0 amide bonds. The van der Waals surface area contributed by atoms with Crippen LogP contribution in [0.15, 0.2) is 91.0 Å². The lowest BCUT2D eigenvalue weighted by molar-refractivity contribution is 0.0900. The third kappa shape index (κ3) is 3.51. The van der Waals surface area contributed by atoms with E-state index in [1.807, 2.05) is 12.1 Å². The number of aromatic nitrogens is 2. The molecule has 3 heteroatoms. The van der Waals surface area contributed by atoms with E-state index in [0.29, 0.717) is 0 Å². The minimum atomic E-state index is 0.740. The van der Waals surface area contributed by atoms with Crippen LogP contribution in [-0.4, -0.2) is 22.1 Å². The molecule has 8 rings (SSSR count). The molecule has 2 saturated carbocycles. The standard InChI is InChI=1S/C31H29N3/c1-3-7-23(8-4-1)29-20-30(24-9-5-2-6-10-24)33-31(32-29)25-11-13-26(14-12-25)34-27-16-21-15-22(18-27)19-28(34)17-21/h1-14,20-22,27-28H,15-19H2. The van der Waals surface area contributed by atoms with E-state index in [9.17, 15) is 0 Å². The van der Waals surface area contributed by atoms with E-state index >= 15 is 0 Å². The van der Waals surface area contributed by atoms with Crippen LogP contribution in [0.25, 0.3) is 33.9 Å². The second-order valence-corrected chi connectivity index (χ2v) is 10.4. The van der Waals surface area contributed by atoms with Crippen LogP contribution in [0.1, 0.15) is 32.1 Å². The second kappa shape index (κ2) is 8.09. The maximum atomic E-state index is 4.99. The maximum absolute atomic E-state index is 4.99. The SMILES string of the molecule is c1ccc(-c2cc(-c3ccccc3)nc(-c3ccc(N4C5CC6CC(C5)CC4C6)cc3)n2)cc1. The van der Waals surface area contributed by atoms with Crippen LogP contribution in [0, 0.1) is 11.8 Å². The molecular weight excluding hydrogens is 414 g/mol. The van der Waals surface area contributed by atoms with Gasteiger partial charge in [-0.2, -0.15) is 0 Å². The van der Waals surface area contributed by atoms with Gasteiger partial charge in [0.15, 0.2) is 5.82 Å². The van der Waals surface area contributed by atoms with Crippen molar-refractivity contribution in [2.24, 2.45) is 11.8 Å². The van der Waals surface area contributed by atoms with E-state index in [1.165, 1.54) is 37.8 Å². The Hall–Kier alpha value is -3.46. The number of rotatable bonds is 4. The molecule has 2 aliphatic carbocycles. The Morgan fingerprint density at radius 3 is 1.53 bits per heavy atom. The Kier molecular flexibility index (Phi) is 4.75. The van der Waals surface area contributed by atoms with Gasteiger partial charge in [-0.25, -0.2) is 9.97 Å². The molecular formula is C31H29N3. The Morgan fingerprint density at radius 2 is 1.03 bits per heavy atom. The summed E-state index contributed by atoms with van der Waals surface area (Å²) in [5.74, 6) is 2.74. The van der Waals surface area contributed by atoms with E-state index < -0.39 is 0 Å². The molecule has 1 aromatic heterocycles. The van der Waals surface area contributed by atoms with Crippen molar-refractivity contribution in [1.82, 2.24) is 9.97 Å². The van der Waals surface area contributed by atoms with Crippen LogP contribution in [0.4, 0.5) is 5.69 Å². The highest BCUT2D eigenvalue weighted by atomic mass is 15.2. The summed E-state index contributed by atoms with van der Waals surface area (Å²) >= 11 is 0. The molecule has 0 radical (unpaired) electrons. The van der Waals surface area contributed by atoms with Crippen molar-refractivity contribution in [2.75, 3.05) is 4.90 Å². The molecule has 4 fully saturated rings. The van der Waals surface area contributed by atoms with Crippen LogP contribution in [-0.2, 0) is 0 Å². The van der Waals surface area contributed by atoms with Crippen molar-refractivity contribution in [1.29, 1.82) is 0 Å². The molecule has 0 atom stereocenters. The van der Waals surface area contributed by atoms with Crippen LogP contribution in [0.5, 0.6) is 0 Å². The minimum Gasteiger partial charge on any atom is -0.366 e. The zero-order valence-electron chi connectivity index (χ0n) is 19.3. The molecule has 2 aliphatic heterocycles. The van der Waals surface area contributed by atoms with Crippen molar-refractivity contribution >= 4 is 5.69 Å². The number of nitrogens with zero attached hydrogens (tertiary/aromatic N) is 3. The lowest BCUT2D eigenvalue weighted by atomic mass is 9.63. The summed E-state index contributed by atoms with van der Waals surface area (Å²) in [6.45, 7) is 0. The Balaban J connectivity index is 1.26. The van der Waals surface area contributed by atoms with Gasteiger partial charge in [0.05, 0.1) is 11.4 Å². The fourth-order valence-electron chi connectivity index (χ4n) is 6.83. The Labute approximate surface area is 201 Å². The van der Waals surface area contributed by atoms with Crippen LogP contribution < -0.4 is 4.90 Å². The first-order valence-electron chi connectivity index (χ1n) is 12.7. The van der Waals surface area contributed by atoms with Crippen molar-refractivity contribution in [3.8, 4) is 33.9 Å². The molecule has 168 valence electrons. The van der Waals surface area contributed by atoms with E-state index in [1.54, 1.807) is 0 Å². The molecule has 3 nitrogen and oxygen atoms in total. The summed E-state index contributed by atoms with van der Waals surface area (Å²) in [7, 11) is 0. The highest BCUT2D eigenvalue weighted by Gasteiger charge is 2.46. The highest BCUT2D eigenvalue weighted by Crippen LogP contribution is 2.50. The van der Waals surface area contributed by atoms with E-state index in [2.05, 4.69) is 83.8 Å². The molecule has 4 bridgehead atoms. The number of piperidine rings is 2. The third-order valence-electron chi connectivity index (χ3n) is 8.16. The Bertz CT molecular complexity index is 1210. The maximum Gasteiger partial charge on any atom is 0.160 e. The average Bonchev–Trinajstić information content (AvgIpc) is 2.89. The fourth-order valence-corrected chi connectivity index (χ4v) is 6.83. The Morgan fingerprint density at radius 1 is 0.529 bits per heavy atom. The zero-order chi connectivity index (χ0) is 22.5. The van der Waals surface area contributed by atoms with Crippen molar-refractivity contribution < 1.29 is 0 Å². The van der Waals surface area contributed by atoms with Crippen LogP contribution in [0.2, 0.25) is 0 Å². The molecule has 3 heterocycles. The first-order chi connectivity index (χ1) is 16.8. The number of anilines is 1. The second-order valence-electron chi connectivity index (χ2n) is 10.4. The van der Waals surface area contributed by atoms with Gasteiger partial charge in [-0.15, -0.1) is 0 Å². The summed E-state index contributed by atoms with van der Waals surface area (Å²) in [5, 5.41) is 0. The normalized spacial score (nSPS) is 25.0. The van der Waals surface area contributed by atoms with E-state index in [0.717, 1.165) is 57.8 Å². The van der Waals surface area contributed by atoms with Gasteiger partial charge in [0, 0.05) is 34.5 Å². The van der Waals surface area contributed by atoms with Gasteiger partial charge in [-0.1, -0.05) is 60.7 Å². The largest absolute Gasteiger partial charge is 0.366 e. The summed E-state index contributed by atoms with van der Waals surface area (Å²) in [4.78, 5) is 12.7. The van der Waals surface area contributed by atoms with Gasteiger partial charge in [0.1, 0.15) is 0 Å². The van der Waals surface area contributed by atoms with Crippen molar-refractivity contribution in [3.05, 3.63) is 91.0 Å². The first kappa shape index (κ1) is 20.0. The quantitative estimate of drug-likeness (QED) is 0.333. The number of benzene rings is 3. The molecule has 2 saturated heterocycles. The molecule has 34 heavy (non-hydrogen) atoms. The third-order valence-corrected chi connectivity index (χ3v) is 8.16. The summed E-state index contributed by atoms with van der Waals surface area (Å²) in [5.41, 5.74) is 6.58.